The van der Waals surface area contributed by atoms with Crippen molar-refractivity contribution in [1.82, 2.24) is 0 Å². The van der Waals surface area contributed by atoms with E-state index in [1.54, 1.807) is 11.3 Å². The van der Waals surface area contributed by atoms with E-state index in [0.717, 1.165) is 31.2 Å². The second-order valence-corrected chi connectivity index (χ2v) is 6.85. The Labute approximate surface area is 141 Å². The van der Waals surface area contributed by atoms with Crippen molar-refractivity contribution in [2.24, 2.45) is 0 Å². The van der Waals surface area contributed by atoms with E-state index < -0.39 is 0 Å². The van der Waals surface area contributed by atoms with Gasteiger partial charge >= 0.3 is 0 Å². The Hall–Kier alpha value is -2.30. The highest BCUT2D eigenvalue weighted by Gasteiger charge is 2.06. The number of benzene rings is 2. The molecule has 4 aliphatic rings. The van der Waals surface area contributed by atoms with Gasteiger partial charge in [-0.25, -0.2) is 0 Å². The molecule has 2 aromatic carbocycles. The van der Waals surface area contributed by atoms with Crippen LogP contribution < -0.4 is 0 Å². The fourth-order valence-corrected chi connectivity index (χ4v) is 3.62. The molecule has 1 heteroatoms. The van der Waals surface area contributed by atoms with E-state index in [1.807, 2.05) is 0 Å². The summed E-state index contributed by atoms with van der Waals surface area (Å²) < 4.78 is 0. The number of rotatable bonds is 0. The van der Waals surface area contributed by atoms with Crippen LogP contribution in [0.15, 0.2) is 59.3 Å². The van der Waals surface area contributed by atoms with Gasteiger partial charge in [0.1, 0.15) is 0 Å². The van der Waals surface area contributed by atoms with Gasteiger partial charge < -0.3 is 0 Å². The lowest BCUT2D eigenvalue weighted by atomic mass is 9.93. The average Bonchev–Trinajstić information content (AvgIpc) is 3.09. The Bertz CT molecular complexity index is 859. The SMILES string of the molecule is C(#Cc1cc2ccc1CCc1ccc(cc1)CC2)c1ccsc1. The quantitative estimate of drug-likeness (QED) is 0.510. The van der Waals surface area contributed by atoms with E-state index in [0.29, 0.717) is 0 Å². The molecular formula is C22H18S. The summed E-state index contributed by atoms with van der Waals surface area (Å²) in [6, 6.07) is 18.0. The van der Waals surface area contributed by atoms with E-state index in [4.69, 9.17) is 0 Å². The standard InChI is InChI=1S/C22H18S/c1-3-18-4-2-17(1)5-6-19-8-11-21(10-7-18)22(15-19)12-9-20-13-14-23-16-20/h1-4,8,11,13-16H,5-7,10H2. The largest absolute Gasteiger partial charge is 0.151 e. The minimum atomic E-state index is 1.05. The van der Waals surface area contributed by atoms with Crippen molar-refractivity contribution in [1.29, 1.82) is 0 Å². The molecule has 0 saturated heterocycles. The van der Waals surface area contributed by atoms with Gasteiger partial charge in [0.2, 0.25) is 0 Å². The molecule has 0 unspecified atom stereocenters. The van der Waals surface area contributed by atoms with Crippen LogP contribution in [0.1, 0.15) is 33.4 Å². The van der Waals surface area contributed by atoms with Crippen LogP contribution in [0.4, 0.5) is 0 Å². The molecule has 0 radical (unpaired) electrons. The fraction of sp³-hybridized carbons (Fsp3) is 0.182. The van der Waals surface area contributed by atoms with E-state index >= 15 is 0 Å². The molecule has 0 atom stereocenters. The summed E-state index contributed by atoms with van der Waals surface area (Å²) in [4.78, 5) is 0. The van der Waals surface area contributed by atoms with Gasteiger partial charge in [-0.3, -0.25) is 0 Å². The Morgan fingerprint density at radius 1 is 0.696 bits per heavy atom. The summed E-state index contributed by atoms with van der Waals surface area (Å²) in [5.74, 6) is 6.72. The molecule has 7 rings (SSSR count). The zero-order valence-electron chi connectivity index (χ0n) is 13.0. The molecular weight excluding hydrogens is 296 g/mol. The van der Waals surface area contributed by atoms with Gasteiger partial charge in [0.05, 0.1) is 0 Å². The Balaban J connectivity index is 1.71. The van der Waals surface area contributed by atoms with Crippen molar-refractivity contribution >= 4 is 11.3 Å². The first-order chi connectivity index (χ1) is 11.4. The number of hydrogen-bond acceptors (Lipinski definition) is 1. The normalized spacial score (nSPS) is 13.0. The summed E-state index contributed by atoms with van der Waals surface area (Å²) in [7, 11) is 0. The minimum Gasteiger partial charge on any atom is -0.151 e. The average molecular weight is 314 g/mol. The molecule has 4 aliphatic carbocycles. The summed E-state index contributed by atoms with van der Waals surface area (Å²) in [6.45, 7) is 0. The minimum absolute atomic E-state index is 1.05. The molecule has 0 nitrogen and oxygen atoms in total. The molecule has 0 saturated carbocycles. The van der Waals surface area contributed by atoms with Crippen LogP contribution in [-0.4, -0.2) is 0 Å². The first kappa shape index (κ1) is 14.3. The third-order valence-electron chi connectivity index (χ3n) is 4.45. The number of thiophene rings is 1. The highest BCUT2D eigenvalue weighted by Crippen LogP contribution is 2.19. The van der Waals surface area contributed by atoms with Crippen LogP contribution in [-0.2, 0) is 25.7 Å². The molecule has 112 valence electrons. The maximum atomic E-state index is 3.41. The van der Waals surface area contributed by atoms with E-state index in [-0.39, 0.29) is 0 Å². The van der Waals surface area contributed by atoms with Crippen molar-refractivity contribution in [2.45, 2.75) is 25.7 Å². The van der Waals surface area contributed by atoms with Crippen LogP contribution >= 0.6 is 11.3 Å². The first-order valence-corrected chi connectivity index (χ1v) is 9.05. The molecule has 4 bridgehead atoms. The third-order valence-corrected chi connectivity index (χ3v) is 5.13. The van der Waals surface area contributed by atoms with Crippen molar-refractivity contribution < 1.29 is 0 Å². The van der Waals surface area contributed by atoms with E-state index in [2.05, 4.69) is 71.1 Å². The molecule has 0 spiro atoms. The predicted molar refractivity (Wildman–Crippen MR) is 98.0 cm³/mol. The maximum absolute atomic E-state index is 3.41. The second kappa shape index (κ2) is 6.44. The van der Waals surface area contributed by atoms with Crippen molar-refractivity contribution in [3.63, 3.8) is 0 Å². The Kier molecular flexibility index (Phi) is 4.01. The fourth-order valence-electron chi connectivity index (χ4n) is 3.03. The summed E-state index contributed by atoms with van der Waals surface area (Å²) in [6.07, 6.45) is 4.30. The second-order valence-electron chi connectivity index (χ2n) is 6.07. The zero-order valence-corrected chi connectivity index (χ0v) is 13.8. The van der Waals surface area contributed by atoms with Crippen LogP contribution in [0, 0.1) is 11.8 Å². The monoisotopic (exact) mass is 314 g/mol. The van der Waals surface area contributed by atoms with Crippen LogP contribution in [0.25, 0.3) is 0 Å². The molecule has 1 aromatic heterocycles. The molecule has 0 amide bonds. The topological polar surface area (TPSA) is 0 Å². The maximum Gasteiger partial charge on any atom is 0.0356 e. The Morgan fingerprint density at radius 3 is 2.13 bits per heavy atom. The molecule has 0 fully saturated rings. The first-order valence-electron chi connectivity index (χ1n) is 8.11. The van der Waals surface area contributed by atoms with E-state index in [1.165, 1.54) is 27.8 Å². The zero-order chi connectivity index (χ0) is 15.5. The smallest absolute Gasteiger partial charge is 0.0356 e. The predicted octanol–water partition coefficient (Wildman–Crippen LogP) is 5.03. The summed E-state index contributed by atoms with van der Waals surface area (Å²) >= 11 is 1.70. The number of hydrogen-bond donors (Lipinski definition) is 0. The van der Waals surface area contributed by atoms with Gasteiger partial charge in [-0.1, -0.05) is 48.2 Å². The lowest BCUT2D eigenvalue weighted by Gasteiger charge is -2.11. The lowest BCUT2D eigenvalue weighted by molar-refractivity contribution is 0.918. The van der Waals surface area contributed by atoms with E-state index in [9.17, 15) is 0 Å². The highest BCUT2D eigenvalue weighted by atomic mass is 32.1. The summed E-state index contributed by atoms with van der Waals surface area (Å²) in [5, 5.41) is 4.19. The molecule has 3 aromatic rings. The number of aryl methyl sites for hydroxylation is 4. The highest BCUT2D eigenvalue weighted by molar-refractivity contribution is 7.08. The molecule has 0 N–H and O–H groups in total. The third kappa shape index (κ3) is 3.38. The molecule has 1 heterocycles. The van der Waals surface area contributed by atoms with Gasteiger partial charge in [0.25, 0.3) is 0 Å². The van der Waals surface area contributed by atoms with Crippen molar-refractivity contribution in [3.8, 4) is 11.8 Å². The van der Waals surface area contributed by atoms with Gasteiger partial charge in [-0.15, -0.1) is 0 Å². The molecule has 0 aliphatic heterocycles. The lowest BCUT2D eigenvalue weighted by Crippen LogP contribution is -2.00. The van der Waals surface area contributed by atoms with Crippen LogP contribution in [0.5, 0.6) is 0 Å². The summed E-state index contributed by atoms with van der Waals surface area (Å²) in [5.41, 5.74) is 7.89. The Morgan fingerprint density at radius 2 is 1.39 bits per heavy atom. The van der Waals surface area contributed by atoms with Crippen molar-refractivity contribution in [2.75, 3.05) is 0 Å². The van der Waals surface area contributed by atoms with Gasteiger partial charge in [-0.05, 0) is 65.4 Å². The van der Waals surface area contributed by atoms with Crippen LogP contribution in [0.2, 0.25) is 0 Å². The van der Waals surface area contributed by atoms with Crippen LogP contribution in [0.3, 0.4) is 0 Å². The van der Waals surface area contributed by atoms with Gasteiger partial charge in [-0.2, -0.15) is 11.3 Å². The molecule has 23 heavy (non-hydrogen) atoms. The van der Waals surface area contributed by atoms with Gasteiger partial charge in [0, 0.05) is 16.5 Å². The van der Waals surface area contributed by atoms with Gasteiger partial charge in [0.15, 0.2) is 0 Å². The van der Waals surface area contributed by atoms with Crippen molar-refractivity contribution in [3.05, 3.63) is 92.7 Å².